The fourth-order valence-corrected chi connectivity index (χ4v) is 4.70. The summed E-state index contributed by atoms with van der Waals surface area (Å²) < 4.78 is 24.2. The van der Waals surface area contributed by atoms with Gasteiger partial charge < -0.3 is 0 Å². The minimum atomic E-state index is -3.22. The van der Waals surface area contributed by atoms with Crippen LogP contribution in [0.4, 0.5) is 0 Å². The van der Waals surface area contributed by atoms with Crippen molar-refractivity contribution < 1.29 is 8.42 Å². The van der Waals surface area contributed by atoms with Crippen LogP contribution in [0, 0.1) is 5.92 Å². The number of rotatable bonds is 4. The zero-order chi connectivity index (χ0) is 17.2. The van der Waals surface area contributed by atoms with Crippen molar-refractivity contribution in [2.24, 2.45) is 11.8 Å². The van der Waals surface area contributed by atoms with Crippen LogP contribution in [0.1, 0.15) is 30.0 Å². The van der Waals surface area contributed by atoms with Gasteiger partial charge >= 0.3 is 0 Å². The van der Waals surface area contributed by atoms with Crippen molar-refractivity contribution in [3.05, 3.63) is 65.7 Å². The predicted octanol–water partition coefficient (Wildman–Crippen LogP) is 2.96. The lowest BCUT2D eigenvalue weighted by Crippen LogP contribution is -2.44. The molecular weight excluding hydrogens is 320 g/mol. The van der Waals surface area contributed by atoms with Crippen LogP contribution in [-0.2, 0) is 16.3 Å². The van der Waals surface area contributed by atoms with Gasteiger partial charge in [0.15, 0.2) is 9.84 Å². The smallest absolute Gasteiger partial charge is 0.175 e. The Balaban J connectivity index is 1.93. The standard InChI is InChI=1S/C19H24N2O2S/c1-24(22,23)18-12-6-5-10-16(18)14-17-11-7-13-21(20)19(17)15-8-3-2-4-9-15/h2-6,8-10,12,17,19H,7,11,13-14,20H2,1H3/t17-,19+/m1/s1. The van der Waals surface area contributed by atoms with Gasteiger partial charge in [-0.25, -0.2) is 13.4 Å². The van der Waals surface area contributed by atoms with Gasteiger partial charge in [0, 0.05) is 12.8 Å². The third-order valence-electron chi connectivity index (χ3n) is 4.79. The Kier molecular flexibility index (Phi) is 5.04. The molecule has 0 aromatic heterocycles. The van der Waals surface area contributed by atoms with Crippen LogP contribution in [0.2, 0.25) is 0 Å². The summed E-state index contributed by atoms with van der Waals surface area (Å²) in [5.74, 6) is 6.59. The Morgan fingerprint density at radius 1 is 1.08 bits per heavy atom. The number of piperidine rings is 1. The quantitative estimate of drug-likeness (QED) is 0.866. The SMILES string of the molecule is CS(=O)(=O)c1ccccc1C[C@H]1CCCN(N)[C@H]1c1ccccc1. The Labute approximate surface area is 144 Å². The number of benzene rings is 2. The van der Waals surface area contributed by atoms with Crippen molar-refractivity contribution in [2.45, 2.75) is 30.2 Å². The Hall–Kier alpha value is -1.69. The molecule has 3 rings (SSSR count). The molecule has 4 nitrogen and oxygen atoms in total. The summed E-state index contributed by atoms with van der Waals surface area (Å²) in [6.45, 7) is 0.865. The molecule has 0 spiro atoms. The van der Waals surface area contributed by atoms with E-state index in [9.17, 15) is 8.42 Å². The highest BCUT2D eigenvalue weighted by Crippen LogP contribution is 2.37. The summed E-state index contributed by atoms with van der Waals surface area (Å²) >= 11 is 0. The van der Waals surface area contributed by atoms with Gasteiger partial charge in [0.05, 0.1) is 10.9 Å². The largest absolute Gasteiger partial charge is 0.268 e. The number of hydrogen-bond donors (Lipinski definition) is 1. The molecule has 0 bridgehead atoms. The molecule has 0 aliphatic carbocycles. The van der Waals surface area contributed by atoms with E-state index in [1.165, 1.54) is 11.8 Å². The summed E-state index contributed by atoms with van der Waals surface area (Å²) in [5, 5.41) is 1.91. The maximum absolute atomic E-state index is 12.1. The van der Waals surface area contributed by atoms with Gasteiger partial charge in [0.1, 0.15) is 0 Å². The second-order valence-electron chi connectivity index (χ2n) is 6.58. The number of hydrazine groups is 1. The van der Waals surface area contributed by atoms with Crippen LogP contribution in [0.25, 0.3) is 0 Å². The van der Waals surface area contributed by atoms with Gasteiger partial charge in [-0.15, -0.1) is 0 Å². The summed E-state index contributed by atoms with van der Waals surface area (Å²) in [7, 11) is -3.22. The fraction of sp³-hybridized carbons (Fsp3) is 0.368. The lowest BCUT2D eigenvalue weighted by atomic mass is 9.81. The van der Waals surface area contributed by atoms with Gasteiger partial charge in [-0.05, 0) is 42.4 Å². The van der Waals surface area contributed by atoms with Crippen LogP contribution in [0.3, 0.4) is 0 Å². The first-order valence-electron chi connectivity index (χ1n) is 8.31. The zero-order valence-electron chi connectivity index (χ0n) is 13.9. The summed E-state index contributed by atoms with van der Waals surface area (Å²) in [4.78, 5) is 0.436. The molecule has 5 heteroatoms. The molecule has 1 heterocycles. The Morgan fingerprint density at radius 2 is 1.75 bits per heavy atom. The number of hydrogen-bond acceptors (Lipinski definition) is 4. The minimum absolute atomic E-state index is 0.118. The molecule has 0 amide bonds. The van der Waals surface area contributed by atoms with E-state index in [0.29, 0.717) is 10.8 Å². The van der Waals surface area contributed by atoms with Gasteiger partial charge in [-0.3, -0.25) is 5.84 Å². The van der Waals surface area contributed by atoms with E-state index in [0.717, 1.165) is 31.4 Å². The van der Waals surface area contributed by atoms with E-state index in [2.05, 4.69) is 12.1 Å². The van der Waals surface area contributed by atoms with E-state index in [4.69, 9.17) is 5.84 Å². The molecule has 0 radical (unpaired) electrons. The number of nitrogens with two attached hydrogens (primary N) is 1. The van der Waals surface area contributed by atoms with Crippen LogP contribution in [-0.4, -0.2) is 26.2 Å². The van der Waals surface area contributed by atoms with E-state index >= 15 is 0 Å². The zero-order valence-corrected chi connectivity index (χ0v) is 14.7. The molecule has 0 unspecified atom stereocenters. The van der Waals surface area contributed by atoms with Crippen LogP contribution in [0.15, 0.2) is 59.5 Å². The highest BCUT2D eigenvalue weighted by Gasteiger charge is 2.32. The molecule has 1 fully saturated rings. The second-order valence-corrected chi connectivity index (χ2v) is 8.56. The number of sulfone groups is 1. The summed E-state index contributed by atoms with van der Waals surface area (Å²) in [5.41, 5.74) is 2.09. The van der Waals surface area contributed by atoms with Gasteiger partial charge in [-0.2, -0.15) is 0 Å². The van der Waals surface area contributed by atoms with Gasteiger partial charge in [0.25, 0.3) is 0 Å². The van der Waals surface area contributed by atoms with Crippen LogP contribution >= 0.6 is 0 Å². The molecular formula is C19H24N2O2S. The fourth-order valence-electron chi connectivity index (χ4n) is 3.75. The van der Waals surface area contributed by atoms with E-state index in [-0.39, 0.29) is 6.04 Å². The molecule has 2 atom stereocenters. The monoisotopic (exact) mass is 344 g/mol. The van der Waals surface area contributed by atoms with Crippen LogP contribution < -0.4 is 5.84 Å². The molecule has 1 aliphatic rings. The lowest BCUT2D eigenvalue weighted by Gasteiger charge is -2.39. The van der Waals surface area contributed by atoms with Crippen molar-refractivity contribution in [3.8, 4) is 0 Å². The topological polar surface area (TPSA) is 63.4 Å². The second kappa shape index (κ2) is 7.05. The molecule has 1 saturated heterocycles. The highest BCUT2D eigenvalue weighted by molar-refractivity contribution is 7.90. The van der Waals surface area contributed by atoms with E-state index in [1.807, 2.05) is 35.3 Å². The third-order valence-corrected chi connectivity index (χ3v) is 5.99. The average molecular weight is 344 g/mol. The maximum atomic E-state index is 12.1. The lowest BCUT2D eigenvalue weighted by molar-refractivity contribution is 0.0923. The van der Waals surface area contributed by atoms with Crippen molar-refractivity contribution in [1.82, 2.24) is 5.01 Å². The van der Waals surface area contributed by atoms with Crippen molar-refractivity contribution in [2.75, 3.05) is 12.8 Å². The molecule has 1 aliphatic heterocycles. The first kappa shape index (κ1) is 17.1. The first-order valence-corrected chi connectivity index (χ1v) is 10.2. The predicted molar refractivity (Wildman–Crippen MR) is 96.1 cm³/mol. The molecule has 0 saturated carbocycles. The first-order chi connectivity index (χ1) is 11.5. The van der Waals surface area contributed by atoms with Crippen LogP contribution in [0.5, 0.6) is 0 Å². The van der Waals surface area contributed by atoms with Gasteiger partial charge in [0.2, 0.25) is 0 Å². The molecule has 2 N–H and O–H groups in total. The van der Waals surface area contributed by atoms with Crippen molar-refractivity contribution in [1.29, 1.82) is 0 Å². The summed E-state index contributed by atoms with van der Waals surface area (Å²) in [6.07, 6.45) is 4.07. The minimum Gasteiger partial charge on any atom is -0.268 e. The Morgan fingerprint density at radius 3 is 2.46 bits per heavy atom. The van der Waals surface area contributed by atoms with Gasteiger partial charge in [-0.1, -0.05) is 48.5 Å². The van der Waals surface area contributed by atoms with Crippen molar-refractivity contribution >= 4 is 9.84 Å². The molecule has 128 valence electrons. The molecule has 2 aromatic carbocycles. The van der Waals surface area contributed by atoms with E-state index < -0.39 is 9.84 Å². The highest BCUT2D eigenvalue weighted by atomic mass is 32.2. The molecule has 24 heavy (non-hydrogen) atoms. The Bertz CT molecular complexity index is 790. The molecule has 2 aromatic rings. The maximum Gasteiger partial charge on any atom is 0.175 e. The summed E-state index contributed by atoms with van der Waals surface area (Å²) in [6, 6.07) is 17.7. The average Bonchev–Trinajstić information content (AvgIpc) is 2.55. The normalized spacial score (nSPS) is 22.4. The van der Waals surface area contributed by atoms with Crippen molar-refractivity contribution in [3.63, 3.8) is 0 Å². The van der Waals surface area contributed by atoms with E-state index in [1.54, 1.807) is 12.1 Å². The third kappa shape index (κ3) is 3.69. The number of nitrogens with zero attached hydrogens (tertiary/aromatic N) is 1.